The summed E-state index contributed by atoms with van der Waals surface area (Å²) in [7, 11) is 0. The zero-order valence-electron chi connectivity index (χ0n) is 9.98. The third-order valence-corrected chi connectivity index (χ3v) is 3.95. The second-order valence-electron chi connectivity index (χ2n) is 4.24. The summed E-state index contributed by atoms with van der Waals surface area (Å²) in [5, 5.41) is 3.18. The second kappa shape index (κ2) is 7.15. The van der Waals surface area contributed by atoms with Crippen LogP contribution < -0.4 is 11.1 Å². The zero-order chi connectivity index (χ0) is 11.4. The van der Waals surface area contributed by atoms with Crippen LogP contribution in [-0.2, 0) is 6.54 Å². The van der Waals surface area contributed by atoms with E-state index in [1.165, 1.54) is 24.1 Å². The molecule has 1 heterocycles. The number of halogens is 1. The Morgan fingerprint density at radius 3 is 2.94 bits per heavy atom. The van der Waals surface area contributed by atoms with Crippen LogP contribution in [0.3, 0.4) is 0 Å². The monoisotopic (exact) mass is 366 g/mol. The molecular weight excluding hydrogens is 347 g/mol. The van der Waals surface area contributed by atoms with Gasteiger partial charge < -0.3 is 11.1 Å². The first-order chi connectivity index (χ1) is 7.75. The van der Waals surface area contributed by atoms with E-state index in [-0.39, 0.29) is 24.0 Å². The van der Waals surface area contributed by atoms with E-state index in [2.05, 4.69) is 15.3 Å². The Bertz CT molecular complexity index is 373. The van der Waals surface area contributed by atoms with Crippen molar-refractivity contribution in [1.82, 2.24) is 10.3 Å². The zero-order valence-corrected chi connectivity index (χ0v) is 13.1. The van der Waals surface area contributed by atoms with Crippen LogP contribution in [0.4, 0.5) is 0 Å². The molecular formula is C11H19IN4S. The molecule has 0 aliphatic heterocycles. The van der Waals surface area contributed by atoms with E-state index in [1.807, 2.05) is 12.4 Å². The van der Waals surface area contributed by atoms with Crippen molar-refractivity contribution < 1.29 is 0 Å². The molecule has 1 aliphatic rings. The van der Waals surface area contributed by atoms with Gasteiger partial charge >= 0.3 is 0 Å². The van der Waals surface area contributed by atoms with Gasteiger partial charge in [0.1, 0.15) is 0 Å². The van der Waals surface area contributed by atoms with Gasteiger partial charge in [-0.3, -0.25) is 0 Å². The lowest BCUT2D eigenvalue weighted by Gasteiger charge is -2.25. The number of nitrogens with two attached hydrogens (primary N) is 1. The lowest BCUT2D eigenvalue weighted by Crippen LogP contribution is -2.37. The summed E-state index contributed by atoms with van der Waals surface area (Å²) in [6, 6.07) is 0. The Morgan fingerprint density at radius 2 is 2.41 bits per heavy atom. The topological polar surface area (TPSA) is 63.3 Å². The van der Waals surface area contributed by atoms with Crippen molar-refractivity contribution >= 4 is 41.3 Å². The summed E-state index contributed by atoms with van der Waals surface area (Å²) in [5.41, 5.74) is 8.69. The van der Waals surface area contributed by atoms with Gasteiger partial charge in [-0.1, -0.05) is 6.42 Å². The molecule has 3 N–H and O–H groups in total. The molecule has 0 aromatic carbocycles. The van der Waals surface area contributed by atoms with Crippen molar-refractivity contribution in [3.05, 3.63) is 16.1 Å². The van der Waals surface area contributed by atoms with Crippen molar-refractivity contribution in [3.8, 4) is 0 Å². The van der Waals surface area contributed by atoms with Gasteiger partial charge in [0.2, 0.25) is 0 Å². The molecule has 0 saturated heterocycles. The smallest absolute Gasteiger partial charge is 0.188 e. The van der Waals surface area contributed by atoms with E-state index in [4.69, 9.17) is 5.73 Å². The van der Waals surface area contributed by atoms with Crippen LogP contribution in [0.15, 0.2) is 10.5 Å². The minimum absolute atomic E-state index is 0. The largest absolute Gasteiger partial charge is 0.370 e. The van der Waals surface area contributed by atoms with Gasteiger partial charge in [0, 0.05) is 11.4 Å². The molecule has 0 spiro atoms. The average molecular weight is 366 g/mol. The number of nitrogens with zero attached hydrogens (tertiary/aromatic N) is 2. The maximum atomic E-state index is 5.79. The number of aromatic nitrogens is 1. The first kappa shape index (κ1) is 14.7. The van der Waals surface area contributed by atoms with E-state index >= 15 is 0 Å². The lowest BCUT2D eigenvalue weighted by molar-refractivity contribution is 0.315. The molecule has 1 fully saturated rings. The predicted octanol–water partition coefficient (Wildman–Crippen LogP) is 2.27. The second-order valence-corrected chi connectivity index (χ2v) is 5.18. The molecule has 4 nitrogen and oxygen atoms in total. The number of hydrogen-bond acceptors (Lipinski definition) is 3. The highest BCUT2D eigenvalue weighted by Crippen LogP contribution is 2.24. The van der Waals surface area contributed by atoms with Crippen molar-refractivity contribution in [2.24, 2.45) is 16.6 Å². The van der Waals surface area contributed by atoms with Crippen molar-refractivity contribution in [1.29, 1.82) is 0 Å². The normalized spacial score (nSPS) is 16.2. The Balaban J connectivity index is 0.00000144. The molecule has 0 amide bonds. The van der Waals surface area contributed by atoms with Gasteiger partial charge in [-0.15, -0.1) is 35.3 Å². The molecule has 1 aromatic heterocycles. The van der Waals surface area contributed by atoms with E-state index in [0.29, 0.717) is 12.5 Å². The van der Waals surface area contributed by atoms with Gasteiger partial charge in [-0.05, 0) is 25.7 Å². The van der Waals surface area contributed by atoms with Crippen molar-refractivity contribution in [3.63, 3.8) is 0 Å². The number of guanidine groups is 1. The average Bonchev–Trinajstić information content (AvgIpc) is 2.59. The van der Waals surface area contributed by atoms with Crippen LogP contribution in [0.1, 0.15) is 29.8 Å². The predicted molar refractivity (Wildman–Crippen MR) is 82.9 cm³/mol. The van der Waals surface area contributed by atoms with E-state index < -0.39 is 0 Å². The third-order valence-electron chi connectivity index (χ3n) is 3.03. The number of aryl methyl sites for hydroxylation is 1. The molecule has 0 bridgehead atoms. The Morgan fingerprint density at radius 1 is 1.65 bits per heavy atom. The quantitative estimate of drug-likeness (QED) is 0.488. The molecule has 2 rings (SSSR count). The minimum Gasteiger partial charge on any atom is -0.370 e. The van der Waals surface area contributed by atoms with Crippen LogP contribution in [0.5, 0.6) is 0 Å². The summed E-state index contributed by atoms with van der Waals surface area (Å²) in [6.45, 7) is 3.61. The number of aliphatic imine (C=N–C) groups is 1. The summed E-state index contributed by atoms with van der Waals surface area (Å²) >= 11 is 1.63. The standard InChI is InChI=1S/C11H18N4S.HI/c1-8-10(16-7-15-8)6-14-11(12)13-5-9-3-2-4-9;/h7,9H,2-6H2,1H3,(H3,12,13,14);1H. The van der Waals surface area contributed by atoms with Crippen LogP contribution in [0, 0.1) is 12.8 Å². The van der Waals surface area contributed by atoms with Crippen LogP contribution in [0.25, 0.3) is 0 Å². The fourth-order valence-corrected chi connectivity index (χ4v) is 2.34. The highest BCUT2D eigenvalue weighted by molar-refractivity contribution is 14.0. The Kier molecular flexibility index (Phi) is 6.18. The molecule has 17 heavy (non-hydrogen) atoms. The molecule has 6 heteroatoms. The Labute approximate surface area is 123 Å². The lowest BCUT2D eigenvalue weighted by atomic mass is 9.85. The summed E-state index contributed by atoms with van der Waals surface area (Å²) in [5.74, 6) is 1.36. The Hall–Kier alpha value is -0.370. The third kappa shape index (κ3) is 4.42. The van der Waals surface area contributed by atoms with Crippen molar-refractivity contribution in [2.75, 3.05) is 6.54 Å². The van der Waals surface area contributed by atoms with Gasteiger partial charge in [0.05, 0.1) is 17.7 Å². The van der Waals surface area contributed by atoms with Gasteiger partial charge in [0.25, 0.3) is 0 Å². The van der Waals surface area contributed by atoms with Crippen LogP contribution >= 0.6 is 35.3 Å². The highest BCUT2D eigenvalue weighted by Gasteiger charge is 2.16. The molecule has 1 aliphatic carbocycles. The molecule has 1 aromatic rings. The van der Waals surface area contributed by atoms with Gasteiger partial charge in [-0.2, -0.15) is 0 Å². The maximum Gasteiger partial charge on any atom is 0.188 e. The maximum absolute atomic E-state index is 5.79. The number of rotatable bonds is 4. The van der Waals surface area contributed by atoms with E-state index in [0.717, 1.165) is 18.2 Å². The van der Waals surface area contributed by atoms with E-state index in [1.54, 1.807) is 11.3 Å². The molecule has 0 unspecified atom stereocenters. The van der Waals surface area contributed by atoms with Gasteiger partial charge in [-0.25, -0.2) is 9.98 Å². The summed E-state index contributed by atoms with van der Waals surface area (Å²) in [6.07, 6.45) is 4.02. The van der Waals surface area contributed by atoms with Crippen LogP contribution in [0.2, 0.25) is 0 Å². The van der Waals surface area contributed by atoms with Gasteiger partial charge in [0.15, 0.2) is 5.96 Å². The highest BCUT2D eigenvalue weighted by atomic mass is 127. The fraction of sp³-hybridized carbons (Fsp3) is 0.636. The molecule has 0 radical (unpaired) electrons. The minimum atomic E-state index is 0. The van der Waals surface area contributed by atoms with E-state index in [9.17, 15) is 0 Å². The van der Waals surface area contributed by atoms with Crippen LogP contribution in [-0.4, -0.2) is 17.5 Å². The number of nitrogens with one attached hydrogen (secondary N) is 1. The number of hydrogen-bond donors (Lipinski definition) is 2. The number of thiazole rings is 1. The first-order valence-electron chi connectivity index (χ1n) is 5.68. The van der Waals surface area contributed by atoms with Crippen molar-refractivity contribution in [2.45, 2.75) is 32.7 Å². The molecule has 0 atom stereocenters. The summed E-state index contributed by atoms with van der Waals surface area (Å²) in [4.78, 5) is 9.68. The summed E-state index contributed by atoms with van der Waals surface area (Å²) < 4.78 is 0. The SMILES string of the molecule is Cc1ncsc1CN=C(N)NCC1CCC1.I. The molecule has 1 saturated carbocycles. The molecule has 96 valence electrons. The first-order valence-corrected chi connectivity index (χ1v) is 6.56. The fourth-order valence-electron chi connectivity index (χ4n) is 1.64.